The lowest BCUT2D eigenvalue weighted by Gasteiger charge is -2.39. The number of methoxy groups -OCH3 is 1. The first-order chi connectivity index (χ1) is 15.1. The van der Waals surface area contributed by atoms with Crippen molar-refractivity contribution in [1.82, 2.24) is 9.80 Å². The lowest BCUT2D eigenvalue weighted by Crippen LogP contribution is -2.51. The number of nitrogens with one attached hydrogen (secondary N) is 1. The Balaban J connectivity index is 1.45. The molecule has 1 aliphatic rings. The Bertz CT molecular complexity index is 1000. The number of amides is 2. The first kappa shape index (κ1) is 21.2. The third-order valence-electron chi connectivity index (χ3n) is 5.59. The van der Waals surface area contributed by atoms with Gasteiger partial charge in [-0.25, -0.2) is 4.79 Å². The maximum atomic E-state index is 12.8. The van der Waals surface area contributed by atoms with Crippen LogP contribution in [0, 0.1) is 0 Å². The zero-order valence-corrected chi connectivity index (χ0v) is 18.3. The van der Waals surface area contributed by atoms with Crippen molar-refractivity contribution in [3.05, 3.63) is 95.0 Å². The first-order valence-electron chi connectivity index (χ1n) is 10.4. The number of nitrogens with zero attached hydrogens (tertiary/aromatic N) is 2. The summed E-state index contributed by atoms with van der Waals surface area (Å²) < 4.78 is 5.23. The molecule has 6 heteroatoms. The molecular weight excluding hydrogens is 410 g/mol. The Labute approximate surface area is 188 Å². The van der Waals surface area contributed by atoms with Gasteiger partial charge in [0, 0.05) is 43.0 Å². The largest absolute Gasteiger partial charge is 0.497 e. The minimum atomic E-state index is -0.0874. The van der Waals surface area contributed by atoms with E-state index in [-0.39, 0.29) is 12.1 Å². The second-order valence-corrected chi connectivity index (χ2v) is 7.99. The van der Waals surface area contributed by atoms with Crippen LogP contribution < -0.4 is 10.1 Å². The van der Waals surface area contributed by atoms with E-state index < -0.39 is 0 Å². The van der Waals surface area contributed by atoms with Gasteiger partial charge in [0.1, 0.15) is 5.75 Å². The topological polar surface area (TPSA) is 44.8 Å². The molecule has 0 saturated carbocycles. The van der Waals surface area contributed by atoms with Crippen molar-refractivity contribution in [3.8, 4) is 5.75 Å². The number of hydrogen-bond donors (Lipinski definition) is 1. The van der Waals surface area contributed by atoms with Crippen molar-refractivity contribution in [1.29, 1.82) is 0 Å². The van der Waals surface area contributed by atoms with Gasteiger partial charge in [-0.3, -0.25) is 4.90 Å². The lowest BCUT2D eigenvalue weighted by molar-refractivity contribution is 0.126. The monoisotopic (exact) mass is 435 g/mol. The van der Waals surface area contributed by atoms with Crippen molar-refractivity contribution in [2.75, 3.05) is 38.6 Å². The number of ether oxygens (including phenoxy) is 1. The van der Waals surface area contributed by atoms with Crippen LogP contribution in [0.3, 0.4) is 0 Å². The van der Waals surface area contributed by atoms with Crippen LogP contribution in [0.15, 0.2) is 78.9 Å². The molecule has 0 aromatic heterocycles. The Morgan fingerprint density at radius 1 is 0.903 bits per heavy atom. The van der Waals surface area contributed by atoms with Crippen LogP contribution in [0.5, 0.6) is 5.75 Å². The highest BCUT2D eigenvalue weighted by Crippen LogP contribution is 2.30. The SMILES string of the molecule is COc1cccc(NC(=O)N2CCN([C@@H](c3ccccc3)c3ccc(Cl)cc3)CC2)c1. The lowest BCUT2D eigenvalue weighted by atomic mass is 9.96. The fourth-order valence-corrected chi connectivity index (χ4v) is 4.11. The molecule has 1 N–H and O–H groups in total. The summed E-state index contributed by atoms with van der Waals surface area (Å²) in [4.78, 5) is 17.0. The number of carbonyl (C=O) groups is 1. The highest BCUT2D eigenvalue weighted by Gasteiger charge is 2.28. The van der Waals surface area contributed by atoms with Crippen LogP contribution >= 0.6 is 11.6 Å². The predicted octanol–water partition coefficient (Wildman–Crippen LogP) is 5.29. The van der Waals surface area contributed by atoms with Gasteiger partial charge in [0.25, 0.3) is 0 Å². The first-order valence-corrected chi connectivity index (χ1v) is 10.8. The summed E-state index contributed by atoms with van der Waals surface area (Å²) in [6.45, 7) is 2.89. The summed E-state index contributed by atoms with van der Waals surface area (Å²) >= 11 is 6.12. The normalized spacial score (nSPS) is 15.4. The third-order valence-corrected chi connectivity index (χ3v) is 5.84. The van der Waals surface area contributed by atoms with E-state index in [2.05, 4.69) is 46.6 Å². The molecule has 0 radical (unpaired) electrons. The van der Waals surface area contributed by atoms with Gasteiger partial charge in [0.05, 0.1) is 13.2 Å². The average Bonchev–Trinajstić information content (AvgIpc) is 2.82. The Morgan fingerprint density at radius 3 is 2.26 bits per heavy atom. The molecule has 3 aromatic rings. The van der Waals surface area contributed by atoms with Crippen LogP contribution in [0.2, 0.25) is 5.02 Å². The van der Waals surface area contributed by atoms with E-state index in [1.54, 1.807) is 7.11 Å². The van der Waals surface area contributed by atoms with Gasteiger partial charge in [-0.2, -0.15) is 0 Å². The van der Waals surface area contributed by atoms with Crippen LogP contribution in [-0.4, -0.2) is 49.1 Å². The number of rotatable bonds is 5. The zero-order valence-electron chi connectivity index (χ0n) is 17.5. The molecule has 3 aromatic carbocycles. The van der Waals surface area contributed by atoms with E-state index in [0.717, 1.165) is 29.5 Å². The van der Waals surface area contributed by atoms with Gasteiger partial charge in [-0.1, -0.05) is 60.1 Å². The van der Waals surface area contributed by atoms with Crippen molar-refractivity contribution in [2.45, 2.75) is 6.04 Å². The van der Waals surface area contributed by atoms with Gasteiger partial charge < -0.3 is 15.0 Å². The molecular formula is C25H26ClN3O2. The number of halogens is 1. The molecule has 0 unspecified atom stereocenters. The maximum Gasteiger partial charge on any atom is 0.321 e. The summed E-state index contributed by atoms with van der Waals surface area (Å²) in [7, 11) is 1.62. The highest BCUT2D eigenvalue weighted by molar-refractivity contribution is 6.30. The summed E-state index contributed by atoms with van der Waals surface area (Å²) in [6.07, 6.45) is 0. The molecule has 31 heavy (non-hydrogen) atoms. The van der Waals surface area contributed by atoms with Gasteiger partial charge in [-0.05, 0) is 35.4 Å². The molecule has 160 valence electrons. The van der Waals surface area contributed by atoms with E-state index in [9.17, 15) is 4.79 Å². The second-order valence-electron chi connectivity index (χ2n) is 7.55. The van der Waals surface area contributed by atoms with Crippen molar-refractivity contribution >= 4 is 23.3 Å². The smallest absolute Gasteiger partial charge is 0.321 e. The Hall–Kier alpha value is -3.02. The number of carbonyl (C=O) groups excluding carboxylic acids is 1. The van der Waals surface area contributed by atoms with Crippen LogP contribution in [0.25, 0.3) is 0 Å². The van der Waals surface area contributed by atoms with Crippen LogP contribution in [0.1, 0.15) is 17.2 Å². The number of hydrogen-bond acceptors (Lipinski definition) is 3. The quantitative estimate of drug-likeness (QED) is 0.592. The minimum Gasteiger partial charge on any atom is -0.497 e. The molecule has 1 aliphatic heterocycles. The molecule has 4 rings (SSSR count). The van der Waals surface area contributed by atoms with E-state index in [1.807, 2.05) is 47.4 Å². The molecule has 1 fully saturated rings. The van der Waals surface area contributed by atoms with Crippen LogP contribution in [0.4, 0.5) is 10.5 Å². The molecule has 2 amide bonds. The van der Waals surface area contributed by atoms with E-state index >= 15 is 0 Å². The average molecular weight is 436 g/mol. The number of piperazine rings is 1. The molecule has 0 aliphatic carbocycles. The van der Waals surface area contributed by atoms with Crippen molar-refractivity contribution in [3.63, 3.8) is 0 Å². The van der Waals surface area contributed by atoms with E-state index in [1.165, 1.54) is 11.1 Å². The summed E-state index contributed by atoms with van der Waals surface area (Å²) in [5, 5.41) is 3.70. The fourth-order valence-electron chi connectivity index (χ4n) is 3.98. The predicted molar refractivity (Wildman–Crippen MR) is 125 cm³/mol. The van der Waals surface area contributed by atoms with Crippen molar-refractivity contribution in [2.24, 2.45) is 0 Å². The number of anilines is 1. The van der Waals surface area contributed by atoms with Crippen molar-refractivity contribution < 1.29 is 9.53 Å². The third kappa shape index (κ3) is 5.19. The standard InChI is InChI=1S/C25H26ClN3O2/c1-31-23-9-5-8-22(18-23)27-25(30)29-16-14-28(15-17-29)24(19-6-3-2-4-7-19)20-10-12-21(26)13-11-20/h2-13,18,24H,14-17H2,1H3,(H,27,30)/t24-/m0/s1. The van der Waals surface area contributed by atoms with Crippen LogP contribution in [-0.2, 0) is 0 Å². The maximum absolute atomic E-state index is 12.8. The second kappa shape index (κ2) is 9.86. The molecule has 1 atom stereocenters. The molecule has 1 saturated heterocycles. The number of benzene rings is 3. The highest BCUT2D eigenvalue weighted by atomic mass is 35.5. The molecule has 0 bridgehead atoms. The van der Waals surface area contributed by atoms with Gasteiger partial charge in [0.2, 0.25) is 0 Å². The summed E-state index contributed by atoms with van der Waals surface area (Å²) in [5.41, 5.74) is 3.17. The van der Waals surface area contributed by atoms with Gasteiger partial charge >= 0.3 is 6.03 Å². The molecule has 1 heterocycles. The van der Waals surface area contributed by atoms with Gasteiger partial charge in [0.15, 0.2) is 0 Å². The van der Waals surface area contributed by atoms with E-state index in [4.69, 9.17) is 16.3 Å². The Morgan fingerprint density at radius 2 is 1.58 bits per heavy atom. The Kier molecular flexibility index (Phi) is 6.75. The summed E-state index contributed by atoms with van der Waals surface area (Å²) in [5.74, 6) is 0.719. The molecule has 0 spiro atoms. The fraction of sp³-hybridized carbons (Fsp3) is 0.240. The minimum absolute atomic E-state index is 0.0874. The van der Waals surface area contributed by atoms with E-state index in [0.29, 0.717) is 13.1 Å². The molecule has 5 nitrogen and oxygen atoms in total. The van der Waals surface area contributed by atoms with Gasteiger partial charge in [-0.15, -0.1) is 0 Å². The zero-order chi connectivity index (χ0) is 21.6. The summed E-state index contributed by atoms with van der Waals surface area (Å²) in [6, 6.07) is 26.0. The number of urea groups is 1.